The van der Waals surface area contributed by atoms with E-state index in [1.54, 1.807) is 18.6 Å². The first-order chi connectivity index (χ1) is 9.29. The first-order valence-corrected chi connectivity index (χ1v) is 7.45. The molecule has 2 atom stereocenters. The van der Waals surface area contributed by atoms with E-state index >= 15 is 0 Å². The second-order valence-electron chi connectivity index (χ2n) is 6.00. The molecule has 4 heteroatoms. The lowest BCUT2D eigenvalue weighted by molar-refractivity contribution is -0.120. The number of nitrogens with zero attached hydrogens (tertiary/aromatic N) is 2. The maximum absolute atomic E-state index is 6.40. The van der Waals surface area contributed by atoms with E-state index in [0.29, 0.717) is 5.92 Å². The third-order valence-corrected chi connectivity index (χ3v) is 4.73. The molecule has 0 radical (unpaired) electrons. The molecule has 0 amide bonds. The van der Waals surface area contributed by atoms with Crippen molar-refractivity contribution in [2.45, 2.75) is 56.6 Å². The van der Waals surface area contributed by atoms with E-state index in [9.17, 15) is 0 Å². The first-order valence-electron chi connectivity index (χ1n) is 7.45. The third kappa shape index (κ3) is 2.79. The molecule has 1 aliphatic carbocycles. The minimum Gasteiger partial charge on any atom is -0.375 e. The predicted molar refractivity (Wildman–Crippen MR) is 73.5 cm³/mol. The topological polar surface area (TPSA) is 61.0 Å². The normalized spacial score (nSPS) is 28.2. The van der Waals surface area contributed by atoms with E-state index in [0.717, 1.165) is 25.1 Å². The SMILES string of the molecule is NC(c1cnccn1)C1CCOC2(CCCCC2)C1. The van der Waals surface area contributed by atoms with Gasteiger partial charge in [0, 0.05) is 25.2 Å². The van der Waals surface area contributed by atoms with Crippen LogP contribution in [-0.4, -0.2) is 22.2 Å². The Balaban J connectivity index is 1.71. The molecule has 1 saturated carbocycles. The molecule has 2 fully saturated rings. The molecule has 0 aromatic carbocycles. The molecular weight excluding hydrogens is 238 g/mol. The lowest BCUT2D eigenvalue weighted by Gasteiger charge is -2.44. The molecule has 0 bridgehead atoms. The Morgan fingerprint density at radius 3 is 2.84 bits per heavy atom. The smallest absolute Gasteiger partial charge is 0.0756 e. The van der Waals surface area contributed by atoms with Gasteiger partial charge in [0.05, 0.1) is 17.3 Å². The summed E-state index contributed by atoms with van der Waals surface area (Å²) < 4.78 is 6.13. The summed E-state index contributed by atoms with van der Waals surface area (Å²) in [4.78, 5) is 8.49. The second-order valence-corrected chi connectivity index (χ2v) is 6.00. The fourth-order valence-corrected chi connectivity index (χ4v) is 3.64. The van der Waals surface area contributed by atoms with Gasteiger partial charge in [0.2, 0.25) is 0 Å². The number of aromatic nitrogens is 2. The van der Waals surface area contributed by atoms with Gasteiger partial charge < -0.3 is 10.5 Å². The zero-order valence-corrected chi connectivity index (χ0v) is 11.4. The molecule has 2 unspecified atom stereocenters. The first kappa shape index (κ1) is 13.0. The van der Waals surface area contributed by atoms with Crippen molar-refractivity contribution in [3.8, 4) is 0 Å². The maximum atomic E-state index is 6.40. The molecule has 3 rings (SSSR count). The van der Waals surface area contributed by atoms with Gasteiger partial charge in [-0.15, -0.1) is 0 Å². The van der Waals surface area contributed by atoms with Gasteiger partial charge >= 0.3 is 0 Å². The lowest BCUT2D eigenvalue weighted by atomic mass is 9.74. The van der Waals surface area contributed by atoms with E-state index in [4.69, 9.17) is 10.5 Å². The highest BCUT2D eigenvalue weighted by Gasteiger charge is 2.40. The van der Waals surface area contributed by atoms with Crippen molar-refractivity contribution in [3.05, 3.63) is 24.3 Å². The molecule has 1 saturated heterocycles. The van der Waals surface area contributed by atoms with Crippen LogP contribution in [0.3, 0.4) is 0 Å². The summed E-state index contributed by atoms with van der Waals surface area (Å²) in [6.07, 6.45) is 13.7. The van der Waals surface area contributed by atoms with Crippen LogP contribution >= 0.6 is 0 Å². The fourth-order valence-electron chi connectivity index (χ4n) is 3.64. The minimum atomic E-state index is -0.00333. The van der Waals surface area contributed by atoms with Crippen LogP contribution in [0.25, 0.3) is 0 Å². The van der Waals surface area contributed by atoms with E-state index in [2.05, 4.69) is 9.97 Å². The van der Waals surface area contributed by atoms with Gasteiger partial charge in [-0.3, -0.25) is 9.97 Å². The van der Waals surface area contributed by atoms with Crippen molar-refractivity contribution in [1.29, 1.82) is 0 Å². The highest BCUT2D eigenvalue weighted by atomic mass is 16.5. The second kappa shape index (κ2) is 5.55. The third-order valence-electron chi connectivity index (χ3n) is 4.73. The van der Waals surface area contributed by atoms with Gasteiger partial charge in [-0.05, 0) is 31.6 Å². The quantitative estimate of drug-likeness (QED) is 0.889. The minimum absolute atomic E-state index is 0.00333. The van der Waals surface area contributed by atoms with Crippen LogP contribution in [0.5, 0.6) is 0 Å². The Labute approximate surface area is 114 Å². The molecule has 1 aromatic rings. The van der Waals surface area contributed by atoms with Crippen LogP contribution in [0, 0.1) is 5.92 Å². The van der Waals surface area contributed by atoms with Crippen molar-refractivity contribution in [2.75, 3.05) is 6.61 Å². The summed E-state index contributed by atoms with van der Waals surface area (Å²) in [5, 5.41) is 0. The van der Waals surface area contributed by atoms with Crippen molar-refractivity contribution in [3.63, 3.8) is 0 Å². The fraction of sp³-hybridized carbons (Fsp3) is 0.733. The Bertz CT molecular complexity index is 398. The highest BCUT2D eigenvalue weighted by molar-refractivity contribution is 5.05. The van der Waals surface area contributed by atoms with Crippen molar-refractivity contribution < 1.29 is 4.74 Å². The van der Waals surface area contributed by atoms with E-state index < -0.39 is 0 Å². The zero-order valence-electron chi connectivity index (χ0n) is 11.4. The molecule has 1 aromatic heterocycles. The summed E-state index contributed by atoms with van der Waals surface area (Å²) in [6, 6.07) is -0.00333. The Kier molecular flexibility index (Phi) is 3.80. The van der Waals surface area contributed by atoms with Gasteiger partial charge in [-0.2, -0.15) is 0 Å². The number of nitrogens with two attached hydrogens (primary N) is 1. The molecular formula is C15H23N3O. The highest BCUT2D eigenvalue weighted by Crippen LogP contribution is 2.43. The lowest BCUT2D eigenvalue weighted by Crippen LogP contribution is -2.44. The maximum Gasteiger partial charge on any atom is 0.0756 e. The van der Waals surface area contributed by atoms with Gasteiger partial charge in [-0.1, -0.05) is 19.3 Å². The number of hydrogen-bond donors (Lipinski definition) is 1. The average Bonchev–Trinajstić information content (AvgIpc) is 2.48. The standard InChI is InChI=1S/C15H23N3O/c16-14(13-11-17-7-8-18-13)12-4-9-19-15(10-12)5-2-1-3-6-15/h7-8,11-12,14H,1-6,9-10,16H2. The van der Waals surface area contributed by atoms with Crippen molar-refractivity contribution in [2.24, 2.45) is 11.7 Å². The molecule has 2 N–H and O–H groups in total. The summed E-state index contributed by atoms with van der Waals surface area (Å²) >= 11 is 0. The summed E-state index contributed by atoms with van der Waals surface area (Å²) in [5.74, 6) is 0.476. The largest absolute Gasteiger partial charge is 0.375 e. The molecule has 19 heavy (non-hydrogen) atoms. The summed E-state index contributed by atoms with van der Waals surface area (Å²) in [7, 11) is 0. The van der Waals surface area contributed by atoms with Crippen LogP contribution < -0.4 is 5.73 Å². The van der Waals surface area contributed by atoms with E-state index in [1.165, 1.54) is 32.1 Å². The monoisotopic (exact) mass is 261 g/mol. The van der Waals surface area contributed by atoms with Crippen LogP contribution in [0.2, 0.25) is 0 Å². The molecule has 2 heterocycles. The van der Waals surface area contributed by atoms with Gasteiger partial charge in [0.1, 0.15) is 0 Å². The van der Waals surface area contributed by atoms with Crippen molar-refractivity contribution >= 4 is 0 Å². The number of hydrogen-bond acceptors (Lipinski definition) is 4. The van der Waals surface area contributed by atoms with Gasteiger partial charge in [0.25, 0.3) is 0 Å². The predicted octanol–water partition coefficient (Wildman–Crippen LogP) is 2.61. The molecule has 2 aliphatic rings. The van der Waals surface area contributed by atoms with Crippen LogP contribution in [0.4, 0.5) is 0 Å². The molecule has 4 nitrogen and oxygen atoms in total. The number of ether oxygens (including phenoxy) is 1. The Morgan fingerprint density at radius 1 is 1.26 bits per heavy atom. The summed E-state index contributed by atoms with van der Waals surface area (Å²) in [5.41, 5.74) is 7.43. The van der Waals surface area contributed by atoms with Gasteiger partial charge in [0.15, 0.2) is 0 Å². The number of rotatable bonds is 2. The Morgan fingerprint density at radius 2 is 2.11 bits per heavy atom. The van der Waals surface area contributed by atoms with Gasteiger partial charge in [-0.25, -0.2) is 0 Å². The Hall–Kier alpha value is -1.00. The molecule has 104 valence electrons. The van der Waals surface area contributed by atoms with Crippen LogP contribution in [0.1, 0.15) is 56.7 Å². The van der Waals surface area contributed by atoms with Crippen LogP contribution in [0.15, 0.2) is 18.6 Å². The zero-order chi connectivity index (χ0) is 13.1. The van der Waals surface area contributed by atoms with E-state index in [1.807, 2.05) is 0 Å². The summed E-state index contributed by atoms with van der Waals surface area (Å²) in [6.45, 7) is 0.846. The molecule has 1 aliphatic heterocycles. The molecule has 1 spiro atoms. The average molecular weight is 261 g/mol. The van der Waals surface area contributed by atoms with E-state index in [-0.39, 0.29) is 11.6 Å². The van der Waals surface area contributed by atoms with Crippen molar-refractivity contribution in [1.82, 2.24) is 9.97 Å². The van der Waals surface area contributed by atoms with Crippen LogP contribution in [-0.2, 0) is 4.74 Å².